The van der Waals surface area contributed by atoms with Crippen LogP contribution in [0.5, 0.6) is 5.88 Å². The Morgan fingerprint density at radius 2 is 2.03 bits per heavy atom. The highest BCUT2D eigenvalue weighted by Gasteiger charge is 2.17. The molecule has 3 heterocycles. The number of hydrogen-bond acceptors (Lipinski definition) is 4. The SMILES string of the molecule is Cc1c(F)ccc2[nH]c(-c3ccnc(OCCCCC4CCN(C)CC4)c3Cl)nc12. The number of unbranched alkanes of at least 4 members (excludes halogenated alkanes) is 1. The summed E-state index contributed by atoms with van der Waals surface area (Å²) in [5.74, 6) is 1.56. The lowest BCUT2D eigenvalue weighted by Crippen LogP contribution is -2.30. The van der Waals surface area contributed by atoms with E-state index < -0.39 is 0 Å². The molecule has 1 aromatic carbocycles. The largest absolute Gasteiger partial charge is 0.477 e. The number of likely N-dealkylation sites (tertiary alicyclic amines) is 1. The maximum atomic E-state index is 13.8. The van der Waals surface area contributed by atoms with Gasteiger partial charge in [0, 0.05) is 17.3 Å². The molecule has 1 aliphatic rings. The molecule has 0 amide bonds. The Morgan fingerprint density at radius 3 is 2.83 bits per heavy atom. The van der Waals surface area contributed by atoms with Crippen molar-refractivity contribution < 1.29 is 9.13 Å². The molecule has 4 rings (SSSR count). The summed E-state index contributed by atoms with van der Waals surface area (Å²) < 4.78 is 19.7. The van der Waals surface area contributed by atoms with Crippen molar-refractivity contribution in [3.8, 4) is 17.3 Å². The van der Waals surface area contributed by atoms with Crippen LogP contribution in [-0.4, -0.2) is 46.6 Å². The maximum Gasteiger partial charge on any atom is 0.233 e. The average molecular weight is 431 g/mol. The summed E-state index contributed by atoms with van der Waals surface area (Å²) in [6.07, 6.45) is 7.65. The van der Waals surface area contributed by atoms with Crippen LogP contribution in [0.25, 0.3) is 22.4 Å². The molecule has 0 atom stereocenters. The van der Waals surface area contributed by atoms with E-state index in [-0.39, 0.29) is 5.82 Å². The summed E-state index contributed by atoms with van der Waals surface area (Å²) in [6, 6.07) is 4.91. The van der Waals surface area contributed by atoms with Gasteiger partial charge in [0.05, 0.1) is 17.6 Å². The molecule has 0 spiro atoms. The Kier molecular flexibility index (Phi) is 6.54. The van der Waals surface area contributed by atoms with Gasteiger partial charge in [-0.3, -0.25) is 0 Å². The van der Waals surface area contributed by atoms with Gasteiger partial charge in [0.25, 0.3) is 0 Å². The Bertz CT molecular complexity index is 1010. The number of imidazole rings is 1. The smallest absolute Gasteiger partial charge is 0.233 e. The Balaban J connectivity index is 1.37. The number of piperidine rings is 1. The standard InChI is InChI=1S/C23H28ClFN4O/c1-15-18(25)6-7-19-21(15)28-22(27-19)17-8-11-26-23(20(17)24)30-14-4-3-5-16-9-12-29(2)13-10-16/h6-8,11,16H,3-5,9-10,12-14H2,1-2H3,(H,27,28). The highest BCUT2D eigenvalue weighted by atomic mass is 35.5. The van der Waals surface area contributed by atoms with Crippen molar-refractivity contribution in [2.24, 2.45) is 5.92 Å². The summed E-state index contributed by atoms with van der Waals surface area (Å²) in [5, 5.41) is 0.421. The van der Waals surface area contributed by atoms with Gasteiger partial charge >= 0.3 is 0 Å². The normalized spacial score (nSPS) is 15.7. The van der Waals surface area contributed by atoms with Crippen molar-refractivity contribution in [1.29, 1.82) is 0 Å². The molecular formula is C23H28ClFN4O. The number of nitrogens with zero attached hydrogens (tertiary/aromatic N) is 3. The van der Waals surface area contributed by atoms with Crippen molar-refractivity contribution in [3.63, 3.8) is 0 Å². The van der Waals surface area contributed by atoms with Crippen molar-refractivity contribution in [1.82, 2.24) is 19.9 Å². The number of nitrogens with one attached hydrogen (secondary N) is 1. The number of aromatic amines is 1. The first-order chi connectivity index (χ1) is 14.5. The summed E-state index contributed by atoms with van der Waals surface area (Å²) >= 11 is 6.56. The third-order valence-corrected chi connectivity index (χ3v) is 6.40. The lowest BCUT2D eigenvalue weighted by atomic mass is 9.92. The molecule has 7 heteroatoms. The van der Waals surface area contributed by atoms with Crippen LogP contribution in [0.4, 0.5) is 4.39 Å². The van der Waals surface area contributed by atoms with E-state index >= 15 is 0 Å². The minimum Gasteiger partial charge on any atom is -0.477 e. The second kappa shape index (κ2) is 9.31. The van der Waals surface area contributed by atoms with Crippen LogP contribution in [0.1, 0.15) is 37.7 Å². The molecule has 3 aromatic rings. The van der Waals surface area contributed by atoms with Crippen LogP contribution in [0.3, 0.4) is 0 Å². The molecule has 0 bridgehead atoms. The van der Waals surface area contributed by atoms with E-state index in [1.807, 2.05) is 0 Å². The molecule has 0 radical (unpaired) electrons. The number of halogens is 2. The molecule has 30 heavy (non-hydrogen) atoms. The molecule has 1 fully saturated rings. The predicted octanol–water partition coefficient (Wildman–Crippen LogP) is 5.62. The van der Waals surface area contributed by atoms with Gasteiger partial charge in [-0.1, -0.05) is 18.0 Å². The number of aromatic nitrogens is 3. The van der Waals surface area contributed by atoms with E-state index in [0.29, 0.717) is 40.0 Å². The summed E-state index contributed by atoms with van der Waals surface area (Å²) in [5.41, 5.74) is 2.59. The van der Waals surface area contributed by atoms with E-state index in [1.165, 1.54) is 38.4 Å². The summed E-state index contributed by atoms with van der Waals surface area (Å²) in [7, 11) is 2.19. The summed E-state index contributed by atoms with van der Waals surface area (Å²) in [6.45, 7) is 4.73. The zero-order valence-corrected chi connectivity index (χ0v) is 18.3. The second-order valence-corrected chi connectivity index (χ2v) is 8.60. The van der Waals surface area contributed by atoms with Gasteiger partial charge < -0.3 is 14.6 Å². The minimum atomic E-state index is -0.273. The van der Waals surface area contributed by atoms with Crippen LogP contribution >= 0.6 is 11.6 Å². The maximum absolute atomic E-state index is 13.8. The predicted molar refractivity (Wildman–Crippen MR) is 119 cm³/mol. The molecule has 5 nitrogen and oxygen atoms in total. The lowest BCUT2D eigenvalue weighted by Gasteiger charge is -2.28. The van der Waals surface area contributed by atoms with Crippen LogP contribution in [0.15, 0.2) is 24.4 Å². The van der Waals surface area contributed by atoms with Gasteiger partial charge in [-0.05, 0) is 76.9 Å². The minimum absolute atomic E-state index is 0.273. The molecular weight excluding hydrogens is 403 g/mol. The van der Waals surface area contributed by atoms with Crippen molar-refractivity contribution in [3.05, 3.63) is 40.8 Å². The molecule has 1 aliphatic heterocycles. The Hall–Kier alpha value is -2.18. The average Bonchev–Trinajstić information content (AvgIpc) is 3.18. The molecule has 0 aliphatic carbocycles. The second-order valence-electron chi connectivity index (χ2n) is 8.22. The fraction of sp³-hybridized carbons (Fsp3) is 0.478. The van der Waals surface area contributed by atoms with E-state index in [0.717, 1.165) is 24.3 Å². The van der Waals surface area contributed by atoms with Crippen molar-refractivity contribution in [2.75, 3.05) is 26.7 Å². The Morgan fingerprint density at radius 1 is 1.23 bits per heavy atom. The first-order valence-corrected chi connectivity index (χ1v) is 11.0. The van der Waals surface area contributed by atoms with Gasteiger partial charge in [-0.15, -0.1) is 0 Å². The van der Waals surface area contributed by atoms with E-state index in [4.69, 9.17) is 16.3 Å². The number of hydrogen-bond donors (Lipinski definition) is 1. The van der Waals surface area contributed by atoms with E-state index in [2.05, 4.69) is 26.9 Å². The topological polar surface area (TPSA) is 54.0 Å². The van der Waals surface area contributed by atoms with E-state index in [9.17, 15) is 4.39 Å². The quantitative estimate of drug-likeness (QED) is 0.494. The van der Waals surface area contributed by atoms with Gasteiger partial charge in [-0.25, -0.2) is 14.4 Å². The number of pyridine rings is 1. The van der Waals surface area contributed by atoms with Gasteiger partial charge in [0.2, 0.25) is 5.88 Å². The highest BCUT2D eigenvalue weighted by molar-refractivity contribution is 6.34. The molecule has 0 saturated carbocycles. The van der Waals surface area contributed by atoms with Crippen LogP contribution in [-0.2, 0) is 0 Å². The van der Waals surface area contributed by atoms with Gasteiger partial charge in [-0.2, -0.15) is 0 Å². The monoisotopic (exact) mass is 430 g/mol. The fourth-order valence-corrected chi connectivity index (χ4v) is 4.33. The molecule has 1 N–H and O–H groups in total. The number of aryl methyl sites for hydroxylation is 1. The number of rotatable bonds is 7. The van der Waals surface area contributed by atoms with Crippen LogP contribution < -0.4 is 4.74 Å². The number of H-pyrrole nitrogens is 1. The van der Waals surface area contributed by atoms with Gasteiger partial charge in [0.1, 0.15) is 16.7 Å². The number of ether oxygens (including phenoxy) is 1. The zero-order chi connectivity index (χ0) is 21.1. The highest BCUT2D eigenvalue weighted by Crippen LogP contribution is 2.34. The van der Waals surface area contributed by atoms with Crippen LogP contribution in [0.2, 0.25) is 5.02 Å². The molecule has 1 saturated heterocycles. The zero-order valence-electron chi connectivity index (χ0n) is 17.5. The van der Waals surface area contributed by atoms with E-state index in [1.54, 1.807) is 25.3 Å². The van der Waals surface area contributed by atoms with Gasteiger partial charge in [0.15, 0.2) is 0 Å². The fourth-order valence-electron chi connectivity index (χ4n) is 4.08. The third-order valence-electron chi connectivity index (χ3n) is 6.04. The van der Waals surface area contributed by atoms with Crippen molar-refractivity contribution >= 4 is 22.6 Å². The molecule has 160 valence electrons. The lowest BCUT2D eigenvalue weighted by molar-refractivity contribution is 0.205. The first kappa shape index (κ1) is 21.1. The summed E-state index contributed by atoms with van der Waals surface area (Å²) in [4.78, 5) is 14.4. The molecule has 0 unspecified atom stereocenters. The van der Waals surface area contributed by atoms with Crippen LogP contribution in [0, 0.1) is 18.7 Å². The number of fused-ring (bicyclic) bond motifs is 1. The number of benzene rings is 1. The van der Waals surface area contributed by atoms with Crippen molar-refractivity contribution in [2.45, 2.75) is 39.0 Å². The Labute approximate surface area is 181 Å². The first-order valence-electron chi connectivity index (χ1n) is 10.6. The third kappa shape index (κ3) is 4.60. The molecule has 2 aromatic heterocycles.